The molecule has 0 aliphatic carbocycles. The van der Waals surface area contributed by atoms with Gasteiger partial charge in [0.1, 0.15) is 0 Å². The fraction of sp³-hybridized carbons (Fsp3) is 0.294. The predicted molar refractivity (Wildman–Crippen MR) is 95.8 cm³/mol. The highest BCUT2D eigenvalue weighted by Gasteiger charge is 2.24. The minimum absolute atomic E-state index is 0.00833. The Morgan fingerprint density at radius 3 is 3.00 bits per heavy atom. The van der Waals surface area contributed by atoms with Crippen molar-refractivity contribution in [3.8, 4) is 0 Å². The Hall–Kier alpha value is -1.79. The lowest BCUT2D eigenvalue weighted by Gasteiger charge is -2.12. The number of hydrogen-bond acceptors (Lipinski definition) is 4. The van der Waals surface area contributed by atoms with Gasteiger partial charge in [-0.2, -0.15) is 0 Å². The van der Waals surface area contributed by atoms with Crippen LogP contribution in [0.1, 0.15) is 16.9 Å². The number of carbonyl (C=O) groups is 2. The Morgan fingerprint density at radius 2 is 2.17 bits per heavy atom. The maximum atomic E-state index is 12.3. The summed E-state index contributed by atoms with van der Waals surface area (Å²) in [6, 6.07) is 11.8. The Kier molecular flexibility index (Phi) is 5.35. The van der Waals surface area contributed by atoms with E-state index in [1.54, 1.807) is 11.3 Å². The van der Waals surface area contributed by atoms with Crippen LogP contribution in [0.25, 0.3) is 0 Å². The Labute approximate surface area is 143 Å². The molecule has 2 heterocycles. The van der Waals surface area contributed by atoms with Gasteiger partial charge in [-0.25, -0.2) is 0 Å². The molecule has 2 N–H and O–H groups in total. The van der Waals surface area contributed by atoms with Gasteiger partial charge in [-0.05, 0) is 35.9 Å². The third kappa shape index (κ3) is 4.36. The summed E-state index contributed by atoms with van der Waals surface area (Å²) in [5.74, 6) is 0.267. The molecule has 6 heteroatoms. The number of thioether (sulfide) groups is 1. The van der Waals surface area contributed by atoms with Gasteiger partial charge in [-0.1, -0.05) is 24.3 Å². The van der Waals surface area contributed by atoms with Crippen molar-refractivity contribution in [2.24, 2.45) is 0 Å². The predicted octanol–water partition coefficient (Wildman–Crippen LogP) is 3.05. The quantitative estimate of drug-likeness (QED) is 0.875. The summed E-state index contributed by atoms with van der Waals surface area (Å²) in [6.07, 6.45) is 1.61. The number of thiophene rings is 1. The van der Waals surface area contributed by atoms with Crippen LogP contribution in [0.4, 0.5) is 5.69 Å². The first-order valence-corrected chi connectivity index (χ1v) is 9.44. The van der Waals surface area contributed by atoms with E-state index in [4.69, 9.17) is 0 Å². The lowest BCUT2D eigenvalue weighted by atomic mass is 10.1. The summed E-state index contributed by atoms with van der Waals surface area (Å²) in [5.41, 5.74) is 2.05. The summed E-state index contributed by atoms with van der Waals surface area (Å²) >= 11 is 3.04. The number of benzene rings is 1. The van der Waals surface area contributed by atoms with Crippen LogP contribution in [0.2, 0.25) is 0 Å². The highest BCUT2D eigenvalue weighted by molar-refractivity contribution is 8.01. The van der Waals surface area contributed by atoms with E-state index in [-0.39, 0.29) is 17.1 Å². The molecular formula is C17H18N2O2S2. The normalized spacial score (nSPS) is 17.0. The van der Waals surface area contributed by atoms with Gasteiger partial charge in [-0.15, -0.1) is 23.1 Å². The van der Waals surface area contributed by atoms with Crippen molar-refractivity contribution in [2.45, 2.75) is 24.6 Å². The molecule has 1 atom stereocenters. The van der Waals surface area contributed by atoms with Gasteiger partial charge in [0, 0.05) is 10.6 Å². The molecule has 1 aliphatic heterocycles. The summed E-state index contributed by atoms with van der Waals surface area (Å²) in [5, 5.41) is 7.66. The number of carbonyl (C=O) groups excluding carboxylic acids is 2. The highest BCUT2D eigenvalue weighted by Crippen LogP contribution is 2.26. The molecule has 0 spiro atoms. The fourth-order valence-corrected chi connectivity index (χ4v) is 4.07. The second kappa shape index (κ2) is 7.66. The van der Waals surface area contributed by atoms with Crippen molar-refractivity contribution in [1.29, 1.82) is 0 Å². The maximum absolute atomic E-state index is 12.3. The molecule has 120 valence electrons. The van der Waals surface area contributed by atoms with Gasteiger partial charge < -0.3 is 10.6 Å². The van der Waals surface area contributed by atoms with Crippen molar-refractivity contribution in [3.05, 3.63) is 52.2 Å². The van der Waals surface area contributed by atoms with E-state index >= 15 is 0 Å². The molecule has 0 radical (unpaired) electrons. The first kappa shape index (κ1) is 16.1. The van der Waals surface area contributed by atoms with Crippen LogP contribution in [0, 0.1) is 0 Å². The number of nitrogens with one attached hydrogen (secondary N) is 2. The molecule has 0 bridgehead atoms. The van der Waals surface area contributed by atoms with Crippen molar-refractivity contribution >= 4 is 40.6 Å². The van der Waals surface area contributed by atoms with E-state index in [9.17, 15) is 9.59 Å². The number of rotatable bonds is 5. The second-order valence-electron chi connectivity index (χ2n) is 5.34. The van der Waals surface area contributed by atoms with Crippen LogP contribution in [-0.2, 0) is 22.6 Å². The van der Waals surface area contributed by atoms with Crippen molar-refractivity contribution in [2.75, 3.05) is 11.1 Å². The Bertz CT molecular complexity index is 686. The molecule has 2 amide bonds. The number of aryl methyl sites for hydroxylation is 1. The lowest BCUT2D eigenvalue weighted by molar-refractivity contribution is -0.118. The molecule has 1 aromatic carbocycles. The first-order chi connectivity index (χ1) is 11.2. The van der Waals surface area contributed by atoms with E-state index in [0.717, 1.165) is 29.0 Å². The maximum Gasteiger partial charge on any atom is 0.237 e. The van der Waals surface area contributed by atoms with E-state index in [1.807, 2.05) is 41.8 Å². The molecule has 23 heavy (non-hydrogen) atoms. The summed E-state index contributed by atoms with van der Waals surface area (Å²) < 4.78 is 0. The number of fused-ring (bicyclic) bond motifs is 1. The van der Waals surface area contributed by atoms with Crippen molar-refractivity contribution < 1.29 is 9.59 Å². The second-order valence-corrected chi connectivity index (χ2v) is 7.56. The molecule has 0 saturated carbocycles. The summed E-state index contributed by atoms with van der Waals surface area (Å²) in [6.45, 7) is 0.555. The standard InChI is InChI=1S/C17H18N2O2S2/c20-16(18-10-13-5-3-9-22-13)11-23-15-8-7-12-4-1-2-6-14(12)19-17(15)21/h1-6,9,15H,7-8,10-11H2,(H,18,20)(H,19,21)/t15-/m1/s1. The zero-order chi connectivity index (χ0) is 16.1. The number of hydrogen-bond donors (Lipinski definition) is 2. The van der Waals surface area contributed by atoms with Gasteiger partial charge in [0.25, 0.3) is 0 Å². The van der Waals surface area contributed by atoms with Crippen LogP contribution in [0.15, 0.2) is 41.8 Å². The molecule has 2 aromatic rings. The monoisotopic (exact) mass is 346 g/mol. The number of anilines is 1. The van der Waals surface area contributed by atoms with E-state index in [1.165, 1.54) is 11.8 Å². The van der Waals surface area contributed by atoms with Crippen molar-refractivity contribution in [1.82, 2.24) is 5.32 Å². The smallest absolute Gasteiger partial charge is 0.237 e. The Morgan fingerprint density at radius 1 is 1.30 bits per heavy atom. The molecule has 3 rings (SSSR count). The van der Waals surface area contributed by atoms with Gasteiger partial charge in [0.05, 0.1) is 17.5 Å². The fourth-order valence-electron chi connectivity index (χ4n) is 2.48. The molecule has 0 fully saturated rings. The number of amides is 2. The molecule has 0 unspecified atom stereocenters. The minimum atomic E-state index is -0.185. The Balaban J connectivity index is 1.48. The third-order valence-corrected chi connectivity index (χ3v) is 5.86. The SMILES string of the molecule is O=C(CS[C@@H]1CCc2ccccc2NC1=O)NCc1cccs1. The zero-order valence-corrected chi connectivity index (χ0v) is 14.2. The molecule has 1 aliphatic rings. The third-order valence-electron chi connectivity index (χ3n) is 3.70. The van der Waals surface area contributed by atoms with E-state index < -0.39 is 0 Å². The summed E-state index contributed by atoms with van der Waals surface area (Å²) in [7, 11) is 0. The first-order valence-electron chi connectivity index (χ1n) is 7.52. The molecule has 1 aromatic heterocycles. The average molecular weight is 346 g/mol. The highest BCUT2D eigenvalue weighted by atomic mass is 32.2. The van der Waals surface area contributed by atoms with Gasteiger partial charge >= 0.3 is 0 Å². The van der Waals surface area contributed by atoms with E-state index in [0.29, 0.717) is 12.3 Å². The molecule has 0 saturated heterocycles. The molecule has 4 nitrogen and oxygen atoms in total. The topological polar surface area (TPSA) is 58.2 Å². The van der Waals surface area contributed by atoms with Crippen LogP contribution in [0.3, 0.4) is 0 Å². The lowest BCUT2D eigenvalue weighted by Crippen LogP contribution is -2.28. The summed E-state index contributed by atoms with van der Waals surface area (Å²) in [4.78, 5) is 25.3. The van der Waals surface area contributed by atoms with Crippen LogP contribution < -0.4 is 10.6 Å². The largest absolute Gasteiger partial charge is 0.350 e. The van der Waals surface area contributed by atoms with E-state index in [2.05, 4.69) is 10.6 Å². The van der Waals surface area contributed by atoms with Crippen LogP contribution >= 0.6 is 23.1 Å². The number of para-hydroxylation sites is 1. The van der Waals surface area contributed by atoms with Gasteiger partial charge in [-0.3, -0.25) is 9.59 Å². The van der Waals surface area contributed by atoms with Gasteiger partial charge in [0.15, 0.2) is 0 Å². The van der Waals surface area contributed by atoms with Crippen LogP contribution in [-0.4, -0.2) is 22.8 Å². The van der Waals surface area contributed by atoms with Gasteiger partial charge in [0.2, 0.25) is 11.8 Å². The average Bonchev–Trinajstić information content (AvgIpc) is 3.02. The molecular weight excluding hydrogens is 328 g/mol. The minimum Gasteiger partial charge on any atom is -0.350 e. The van der Waals surface area contributed by atoms with Crippen molar-refractivity contribution in [3.63, 3.8) is 0 Å². The zero-order valence-electron chi connectivity index (χ0n) is 12.6. The van der Waals surface area contributed by atoms with Crippen LogP contribution in [0.5, 0.6) is 0 Å².